The molecule has 1 atom stereocenters. The van der Waals surface area contributed by atoms with Crippen molar-refractivity contribution in [2.75, 3.05) is 0 Å². The van der Waals surface area contributed by atoms with Gasteiger partial charge in [0.15, 0.2) is 0 Å². The molecule has 0 rings (SSSR count). The summed E-state index contributed by atoms with van der Waals surface area (Å²) in [5, 5.41) is 2.82. The fraction of sp³-hybridized carbons (Fsp3) is 0.692. The molecule has 0 spiro atoms. The minimum absolute atomic E-state index is 0.00708. The van der Waals surface area contributed by atoms with Crippen molar-refractivity contribution >= 4 is 6.09 Å². The lowest BCUT2D eigenvalue weighted by atomic mass is 10.0. The van der Waals surface area contributed by atoms with Crippen molar-refractivity contribution in [3.8, 4) is 0 Å². The lowest BCUT2D eigenvalue weighted by molar-refractivity contribution is 0.0507. The molecule has 0 aromatic rings. The van der Waals surface area contributed by atoms with E-state index >= 15 is 0 Å². The average molecular weight is 226 g/mol. The molecule has 0 saturated heterocycles. The van der Waals surface area contributed by atoms with Gasteiger partial charge in [0.2, 0.25) is 0 Å². The molecule has 0 aromatic heterocycles. The molecule has 1 unspecified atom stereocenters. The monoisotopic (exact) mass is 226 g/mol. The third-order valence-corrected chi connectivity index (χ3v) is 1.80. The van der Waals surface area contributed by atoms with Crippen LogP contribution in [-0.4, -0.2) is 17.7 Å². The highest BCUT2D eigenvalue weighted by molar-refractivity contribution is 5.68. The van der Waals surface area contributed by atoms with Crippen LogP contribution >= 0.6 is 0 Å². The van der Waals surface area contributed by atoms with Crippen LogP contribution in [0.1, 0.15) is 41.0 Å². The van der Waals surface area contributed by atoms with E-state index in [9.17, 15) is 4.79 Å². The number of carbonyl (C=O) groups is 1. The second-order valence-electron chi connectivity index (χ2n) is 5.31. The molecule has 93 valence electrons. The highest BCUT2D eigenvalue weighted by Gasteiger charge is 2.19. The maximum Gasteiger partial charge on any atom is 0.407 e. The Hall–Kier alpha value is -0.990. The first-order valence-corrected chi connectivity index (χ1v) is 5.70. The number of ether oxygens (including phenoxy) is 1. The van der Waals surface area contributed by atoms with Gasteiger partial charge in [0.05, 0.1) is 0 Å². The van der Waals surface area contributed by atoms with Gasteiger partial charge in [-0.1, -0.05) is 19.9 Å². The Balaban J connectivity index is 4.17. The fourth-order valence-corrected chi connectivity index (χ4v) is 1.32. The zero-order valence-electron chi connectivity index (χ0n) is 11.0. The molecule has 0 fully saturated rings. The van der Waals surface area contributed by atoms with E-state index in [-0.39, 0.29) is 12.1 Å². The minimum atomic E-state index is -0.458. The second-order valence-corrected chi connectivity index (χ2v) is 5.31. The number of nitrogens with one attached hydrogen (secondary N) is 1. The molecule has 1 radical (unpaired) electrons. The Morgan fingerprint density at radius 1 is 1.44 bits per heavy atom. The van der Waals surface area contributed by atoms with Crippen LogP contribution < -0.4 is 5.32 Å². The van der Waals surface area contributed by atoms with Gasteiger partial charge in [0, 0.05) is 12.5 Å². The first-order chi connectivity index (χ1) is 7.24. The Morgan fingerprint density at radius 3 is 2.38 bits per heavy atom. The van der Waals surface area contributed by atoms with Gasteiger partial charge in [-0.2, -0.15) is 0 Å². The van der Waals surface area contributed by atoms with Crippen molar-refractivity contribution < 1.29 is 9.53 Å². The molecule has 0 bridgehead atoms. The van der Waals surface area contributed by atoms with Crippen LogP contribution in [0.4, 0.5) is 4.79 Å². The predicted octanol–water partition coefficient (Wildman–Crippen LogP) is 3.32. The van der Waals surface area contributed by atoms with E-state index in [1.165, 1.54) is 0 Å². The lowest BCUT2D eigenvalue weighted by Crippen LogP contribution is -2.39. The summed E-state index contributed by atoms with van der Waals surface area (Å²) in [5.74, 6) is 0.510. The third kappa shape index (κ3) is 8.33. The second kappa shape index (κ2) is 6.56. The number of rotatable bonds is 5. The third-order valence-electron chi connectivity index (χ3n) is 1.80. The van der Waals surface area contributed by atoms with E-state index in [0.717, 1.165) is 6.42 Å². The van der Waals surface area contributed by atoms with Crippen LogP contribution in [-0.2, 0) is 4.74 Å². The molecule has 0 aliphatic carbocycles. The molecule has 3 heteroatoms. The summed E-state index contributed by atoms with van der Waals surface area (Å²) in [6, 6.07) is -0.00708. The van der Waals surface area contributed by atoms with E-state index in [0.29, 0.717) is 5.92 Å². The maximum atomic E-state index is 11.5. The summed E-state index contributed by atoms with van der Waals surface area (Å²) in [6.45, 7) is 13.4. The summed E-state index contributed by atoms with van der Waals surface area (Å²) in [4.78, 5) is 11.5. The van der Waals surface area contributed by atoms with Crippen LogP contribution in [0, 0.1) is 12.3 Å². The van der Waals surface area contributed by atoms with Crippen LogP contribution in [0.5, 0.6) is 0 Å². The zero-order valence-corrected chi connectivity index (χ0v) is 11.0. The molecule has 16 heavy (non-hydrogen) atoms. The maximum absolute atomic E-state index is 11.5. The number of amides is 1. The number of hydrogen-bond donors (Lipinski definition) is 1. The van der Waals surface area contributed by atoms with Crippen molar-refractivity contribution in [2.45, 2.75) is 52.7 Å². The van der Waals surface area contributed by atoms with Gasteiger partial charge < -0.3 is 10.1 Å². The Labute approximate surface area is 99.3 Å². The summed E-state index contributed by atoms with van der Waals surface area (Å²) >= 11 is 0. The van der Waals surface area contributed by atoms with E-state index in [4.69, 9.17) is 4.74 Å². The van der Waals surface area contributed by atoms with E-state index in [1.54, 1.807) is 6.08 Å². The Bertz CT molecular complexity index is 229. The first-order valence-electron chi connectivity index (χ1n) is 5.70. The van der Waals surface area contributed by atoms with E-state index in [2.05, 4.69) is 25.7 Å². The van der Waals surface area contributed by atoms with E-state index in [1.807, 2.05) is 27.2 Å². The first kappa shape index (κ1) is 15.0. The van der Waals surface area contributed by atoms with Crippen LogP contribution in [0.15, 0.2) is 12.7 Å². The van der Waals surface area contributed by atoms with Gasteiger partial charge >= 0.3 is 6.09 Å². The molecule has 0 aliphatic rings. The standard InChI is InChI=1S/C13H24NO2/c1-7-8-11(9-10(2)3)14-12(15)16-13(4,5)6/h7-8,10-11H,1,9H2,2-6H3,(H,14,15). The molecular formula is C13H24NO2. The zero-order chi connectivity index (χ0) is 12.8. The molecular weight excluding hydrogens is 202 g/mol. The Kier molecular flexibility index (Phi) is 6.16. The fourth-order valence-electron chi connectivity index (χ4n) is 1.32. The molecule has 1 amide bonds. The van der Waals surface area contributed by atoms with Gasteiger partial charge in [-0.3, -0.25) is 0 Å². The van der Waals surface area contributed by atoms with Gasteiger partial charge in [0.25, 0.3) is 0 Å². The lowest BCUT2D eigenvalue weighted by Gasteiger charge is -2.23. The molecule has 0 heterocycles. The summed E-state index contributed by atoms with van der Waals surface area (Å²) in [7, 11) is 0. The number of hydrogen-bond acceptors (Lipinski definition) is 2. The van der Waals surface area contributed by atoms with Crippen molar-refractivity contribution in [3.63, 3.8) is 0 Å². The largest absolute Gasteiger partial charge is 0.444 e. The quantitative estimate of drug-likeness (QED) is 0.781. The van der Waals surface area contributed by atoms with Crippen molar-refractivity contribution in [3.05, 3.63) is 19.1 Å². The van der Waals surface area contributed by atoms with E-state index < -0.39 is 5.60 Å². The number of alkyl carbamates (subject to hydrolysis) is 1. The smallest absolute Gasteiger partial charge is 0.407 e. The van der Waals surface area contributed by atoms with Crippen molar-refractivity contribution in [1.82, 2.24) is 5.32 Å². The summed E-state index contributed by atoms with van der Waals surface area (Å²) in [5.41, 5.74) is -0.458. The predicted molar refractivity (Wildman–Crippen MR) is 67.1 cm³/mol. The van der Waals surface area contributed by atoms with Crippen LogP contribution in [0.2, 0.25) is 0 Å². The number of carbonyl (C=O) groups excluding carboxylic acids is 1. The van der Waals surface area contributed by atoms with Crippen molar-refractivity contribution in [2.24, 2.45) is 5.92 Å². The highest BCUT2D eigenvalue weighted by atomic mass is 16.6. The van der Waals surface area contributed by atoms with Gasteiger partial charge in [-0.25, -0.2) is 4.79 Å². The molecule has 3 nitrogen and oxygen atoms in total. The topological polar surface area (TPSA) is 38.3 Å². The van der Waals surface area contributed by atoms with Crippen LogP contribution in [0.25, 0.3) is 0 Å². The minimum Gasteiger partial charge on any atom is -0.444 e. The Morgan fingerprint density at radius 2 is 2.00 bits per heavy atom. The average Bonchev–Trinajstić information content (AvgIpc) is 1.98. The highest BCUT2D eigenvalue weighted by Crippen LogP contribution is 2.10. The molecule has 0 aliphatic heterocycles. The molecule has 0 saturated carbocycles. The SMILES string of the molecule is C=C[CH]C(CC(C)C)NC(=O)OC(C)(C)C. The summed E-state index contributed by atoms with van der Waals surface area (Å²) < 4.78 is 5.19. The normalized spacial score (nSPS) is 13.4. The molecule has 0 aromatic carbocycles. The van der Waals surface area contributed by atoms with Gasteiger partial charge in [0.1, 0.15) is 5.60 Å². The van der Waals surface area contributed by atoms with Gasteiger partial charge in [-0.05, 0) is 33.1 Å². The van der Waals surface area contributed by atoms with Gasteiger partial charge in [-0.15, -0.1) is 6.58 Å². The van der Waals surface area contributed by atoms with Crippen LogP contribution in [0.3, 0.4) is 0 Å². The molecule has 1 N–H and O–H groups in total. The van der Waals surface area contributed by atoms with Crippen molar-refractivity contribution in [1.29, 1.82) is 0 Å². The summed E-state index contributed by atoms with van der Waals surface area (Å²) in [6.07, 6.45) is 4.08.